The van der Waals surface area contributed by atoms with Gasteiger partial charge in [0.2, 0.25) is 0 Å². The highest BCUT2D eigenvalue weighted by Gasteiger charge is 2.27. The van der Waals surface area contributed by atoms with Crippen LogP contribution in [0.5, 0.6) is 0 Å². The highest BCUT2D eigenvalue weighted by molar-refractivity contribution is 7.81. The summed E-state index contributed by atoms with van der Waals surface area (Å²) >= 11 is 0. The van der Waals surface area contributed by atoms with Gasteiger partial charge in [0, 0.05) is 12.5 Å². The van der Waals surface area contributed by atoms with Crippen LogP contribution >= 0.6 is 0 Å². The molecule has 0 aromatic heterocycles. The third-order valence-corrected chi connectivity index (χ3v) is 2.07. The summed E-state index contributed by atoms with van der Waals surface area (Å²) in [4.78, 5) is 0. The van der Waals surface area contributed by atoms with E-state index >= 15 is 0 Å². The molecule has 0 fully saturated rings. The molecule has 0 spiro atoms. The summed E-state index contributed by atoms with van der Waals surface area (Å²) in [7, 11) is -4.64. The summed E-state index contributed by atoms with van der Waals surface area (Å²) in [6.07, 6.45) is 2.15. The Morgan fingerprint density at radius 1 is 1.71 bits per heavy atom. The second-order valence-electron chi connectivity index (χ2n) is 3.04. The van der Waals surface area contributed by atoms with Crippen molar-refractivity contribution in [1.82, 2.24) is 0 Å². The minimum Gasteiger partial charge on any atom is -0.362 e. The number of alkyl halides is 1. The minimum absolute atomic E-state index is 0.0584. The first-order valence-corrected chi connectivity index (χ1v) is 5.11. The molecule has 1 atom stereocenters. The Kier molecular flexibility index (Phi) is 2.66. The number of hydrogen-bond acceptors (Lipinski definition) is 4. The summed E-state index contributed by atoms with van der Waals surface area (Å²) < 4.78 is 46.4. The maximum absolute atomic E-state index is 13.2. The van der Waals surface area contributed by atoms with Crippen molar-refractivity contribution >= 4 is 10.4 Å². The zero-order valence-corrected chi connectivity index (χ0v) is 8.21. The smallest absolute Gasteiger partial charge is 0.362 e. The molecule has 0 radical (unpaired) electrons. The van der Waals surface area contributed by atoms with Crippen LogP contribution in [0.25, 0.3) is 0 Å². The van der Waals surface area contributed by atoms with Crippen molar-refractivity contribution in [2.75, 3.05) is 0 Å². The first kappa shape index (κ1) is 11.2. The summed E-state index contributed by atoms with van der Waals surface area (Å²) in [5.41, 5.74) is 5.51. The lowest BCUT2D eigenvalue weighted by atomic mass is 10.0. The first-order chi connectivity index (χ1) is 6.20. The van der Waals surface area contributed by atoms with E-state index in [1.54, 1.807) is 0 Å². The molecule has 1 aliphatic carbocycles. The molecular weight excluding hydrogens is 213 g/mol. The number of halogens is 1. The van der Waals surface area contributed by atoms with Crippen LogP contribution in [0.4, 0.5) is 4.39 Å². The molecule has 1 unspecified atom stereocenters. The lowest BCUT2D eigenvalue weighted by Gasteiger charge is -2.21. The first-order valence-electron chi connectivity index (χ1n) is 3.74. The van der Waals surface area contributed by atoms with Crippen molar-refractivity contribution in [2.24, 2.45) is 5.73 Å². The van der Waals surface area contributed by atoms with Crippen LogP contribution in [0.1, 0.15) is 13.3 Å². The van der Waals surface area contributed by atoms with E-state index in [9.17, 15) is 12.8 Å². The quantitative estimate of drug-likeness (QED) is 0.530. The average molecular weight is 223 g/mol. The number of hydrogen-bond donors (Lipinski definition) is 2. The van der Waals surface area contributed by atoms with Crippen LogP contribution < -0.4 is 5.73 Å². The third kappa shape index (κ3) is 3.09. The Morgan fingerprint density at radius 3 is 2.79 bits per heavy atom. The van der Waals surface area contributed by atoms with Crippen molar-refractivity contribution in [1.29, 1.82) is 0 Å². The fourth-order valence-electron chi connectivity index (χ4n) is 1.00. The van der Waals surface area contributed by atoms with E-state index < -0.39 is 16.2 Å². The second kappa shape index (κ2) is 3.34. The normalized spacial score (nSPS) is 28.0. The zero-order valence-electron chi connectivity index (χ0n) is 7.40. The molecule has 0 amide bonds. The lowest BCUT2D eigenvalue weighted by molar-refractivity contribution is 0.229. The van der Waals surface area contributed by atoms with Gasteiger partial charge in [-0.2, -0.15) is 8.42 Å². The molecule has 0 saturated heterocycles. The van der Waals surface area contributed by atoms with Crippen LogP contribution in [0.3, 0.4) is 0 Å². The van der Waals surface area contributed by atoms with Gasteiger partial charge in [-0.1, -0.05) is 6.08 Å². The van der Waals surface area contributed by atoms with Gasteiger partial charge in [-0.3, -0.25) is 10.3 Å². The van der Waals surface area contributed by atoms with Crippen LogP contribution in [-0.4, -0.2) is 18.8 Å². The Bertz CT molecular complexity index is 396. The van der Waals surface area contributed by atoms with Gasteiger partial charge in [0.1, 0.15) is 5.76 Å². The van der Waals surface area contributed by atoms with E-state index in [1.807, 2.05) is 0 Å². The minimum atomic E-state index is -4.64. The molecule has 1 aliphatic rings. The summed E-state index contributed by atoms with van der Waals surface area (Å²) in [6.45, 7) is 1.52. The monoisotopic (exact) mass is 223 g/mol. The SMILES string of the molecule is CC1=CCC(N)(F)C=C1OS(=O)(=O)O. The van der Waals surface area contributed by atoms with Crippen LogP contribution in [-0.2, 0) is 14.6 Å². The molecular formula is C7H10FNO4S. The van der Waals surface area contributed by atoms with Gasteiger partial charge < -0.3 is 4.18 Å². The Labute approximate surface area is 81.0 Å². The van der Waals surface area contributed by atoms with Crippen molar-refractivity contribution < 1.29 is 21.5 Å². The molecule has 80 valence electrons. The van der Waals surface area contributed by atoms with Gasteiger partial charge in [0.05, 0.1) is 0 Å². The molecule has 0 heterocycles. The molecule has 3 N–H and O–H groups in total. The van der Waals surface area contributed by atoms with Gasteiger partial charge in [-0.05, 0) is 12.5 Å². The Balaban J connectivity index is 2.96. The Morgan fingerprint density at radius 2 is 2.29 bits per heavy atom. The molecule has 1 rings (SSSR count). The van der Waals surface area contributed by atoms with Crippen molar-refractivity contribution in [3.8, 4) is 0 Å². The topological polar surface area (TPSA) is 89.6 Å². The van der Waals surface area contributed by atoms with Crippen LogP contribution in [0, 0.1) is 0 Å². The largest absolute Gasteiger partial charge is 0.446 e. The predicted octanol–water partition coefficient (Wildman–Crippen LogP) is 0.664. The van der Waals surface area contributed by atoms with Gasteiger partial charge >= 0.3 is 10.4 Å². The van der Waals surface area contributed by atoms with Crippen LogP contribution in [0.2, 0.25) is 0 Å². The summed E-state index contributed by atoms with van der Waals surface area (Å²) in [5.74, 6) is -2.43. The van der Waals surface area contributed by atoms with E-state index in [4.69, 9.17) is 10.3 Å². The van der Waals surface area contributed by atoms with E-state index in [2.05, 4.69) is 4.18 Å². The highest BCUT2D eigenvalue weighted by Crippen LogP contribution is 2.26. The van der Waals surface area contributed by atoms with Crippen molar-refractivity contribution in [2.45, 2.75) is 19.1 Å². The van der Waals surface area contributed by atoms with E-state index in [0.29, 0.717) is 5.57 Å². The number of allylic oxidation sites excluding steroid dienone is 1. The molecule has 7 heteroatoms. The van der Waals surface area contributed by atoms with E-state index in [1.165, 1.54) is 13.0 Å². The van der Waals surface area contributed by atoms with Crippen molar-refractivity contribution in [3.63, 3.8) is 0 Å². The van der Waals surface area contributed by atoms with Crippen molar-refractivity contribution in [3.05, 3.63) is 23.5 Å². The second-order valence-corrected chi connectivity index (χ2v) is 4.06. The van der Waals surface area contributed by atoms with Gasteiger partial charge in [0.25, 0.3) is 0 Å². The maximum atomic E-state index is 13.2. The fraction of sp³-hybridized carbons (Fsp3) is 0.429. The van der Waals surface area contributed by atoms with E-state index in [-0.39, 0.29) is 12.2 Å². The standard InChI is InChI=1S/C7H10FNO4S/c1-5-2-3-7(8,9)4-6(5)13-14(10,11)12/h2,4H,3,9H2,1H3,(H,10,11,12). The molecule has 0 saturated carbocycles. The van der Waals surface area contributed by atoms with E-state index in [0.717, 1.165) is 6.08 Å². The van der Waals surface area contributed by atoms with Gasteiger partial charge in [-0.15, -0.1) is 0 Å². The highest BCUT2D eigenvalue weighted by atomic mass is 32.3. The van der Waals surface area contributed by atoms with Gasteiger partial charge in [-0.25, -0.2) is 4.39 Å². The summed E-state index contributed by atoms with van der Waals surface area (Å²) in [5, 5.41) is 0. The molecule has 14 heavy (non-hydrogen) atoms. The molecule has 0 aromatic carbocycles. The molecule has 5 nitrogen and oxygen atoms in total. The fourth-order valence-corrected chi connectivity index (χ4v) is 1.41. The van der Waals surface area contributed by atoms with Crippen LogP contribution in [0.15, 0.2) is 23.5 Å². The zero-order chi connectivity index (χ0) is 11.0. The predicted molar refractivity (Wildman–Crippen MR) is 47.1 cm³/mol. The average Bonchev–Trinajstić information content (AvgIpc) is 1.93. The number of nitrogens with two attached hydrogens (primary N) is 1. The molecule has 0 aliphatic heterocycles. The number of rotatable bonds is 2. The lowest BCUT2D eigenvalue weighted by Crippen LogP contribution is -2.33. The Hall–Kier alpha value is -0.920. The molecule has 0 bridgehead atoms. The van der Waals surface area contributed by atoms with Gasteiger partial charge in [0.15, 0.2) is 5.79 Å². The molecule has 0 aromatic rings. The maximum Gasteiger partial charge on any atom is 0.446 e. The summed E-state index contributed by atoms with van der Waals surface area (Å²) in [6, 6.07) is 0. The third-order valence-electron chi connectivity index (χ3n) is 1.68.